The van der Waals surface area contributed by atoms with Crippen LogP contribution in [0.3, 0.4) is 0 Å². The fourth-order valence-corrected chi connectivity index (χ4v) is 5.07. The number of hydrogen-bond donors (Lipinski definition) is 4. The largest absolute Gasteiger partial charge is 0.383 e. The Morgan fingerprint density at radius 3 is 2.75 bits per heavy atom. The summed E-state index contributed by atoms with van der Waals surface area (Å²) in [5.41, 5.74) is 9.61. The molecule has 198 valence electrons. The van der Waals surface area contributed by atoms with Crippen LogP contribution in [0.4, 0.5) is 15.8 Å². The van der Waals surface area contributed by atoms with Crippen molar-refractivity contribution in [1.29, 1.82) is 5.26 Å². The summed E-state index contributed by atoms with van der Waals surface area (Å²) in [4.78, 5) is 8.62. The zero-order valence-corrected chi connectivity index (χ0v) is 22.2. The number of anilines is 2. The quantitative estimate of drug-likeness (QED) is 0.222. The fraction of sp³-hybridized carbons (Fsp3) is 0.207. The molecular formula is C29H25BClFN8. The van der Waals surface area contributed by atoms with Crippen LogP contribution in [-0.2, 0) is 11.9 Å². The van der Waals surface area contributed by atoms with E-state index in [2.05, 4.69) is 37.6 Å². The SMILES string of the molecule is [B]C(Nc1cc(Cl)c2ncc(C#N)c(NCCc3cccnc3)c2c1)(C1=CN(C2CC2)NN1)c1ccc(F)cc1. The lowest BCUT2D eigenvalue weighted by Crippen LogP contribution is -2.45. The van der Waals surface area contributed by atoms with Gasteiger partial charge in [-0.25, -0.2) is 4.39 Å². The Hall–Kier alpha value is -4.33. The van der Waals surface area contributed by atoms with E-state index >= 15 is 0 Å². The van der Waals surface area contributed by atoms with Crippen LogP contribution >= 0.6 is 11.6 Å². The van der Waals surface area contributed by atoms with Gasteiger partial charge in [0.15, 0.2) is 0 Å². The van der Waals surface area contributed by atoms with Gasteiger partial charge in [0.05, 0.1) is 32.9 Å². The second-order valence-corrected chi connectivity index (χ2v) is 10.3. The van der Waals surface area contributed by atoms with Crippen molar-refractivity contribution in [3.8, 4) is 6.07 Å². The maximum atomic E-state index is 13.8. The Labute approximate surface area is 237 Å². The predicted octanol–water partition coefficient (Wildman–Crippen LogP) is 4.71. The second kappa shape index (κ2) is 10.7. The third-order valence-corrected chi connectivity index (χ3v) is 7.37. The van der Waals surface area contributed by atoms with Crippen molar-refractivity contribution in [3.63, 3.8) is 0 Å². The lowest BCUT2D eigenvalue weighted by molar-refractivity contribution is 0.260. The molecular weight excluding hydrogens is 526 g/mol. The molecule has 2 aromatic heterocycles. The highest BCUT2D eigenvalue weighted by molar-refractivity contribution is 6.36. The van der Waals surface area contributed by atoms with Crippen molar-refractivity contribution in [2.24, 2.45) is 0 Å². The van der Waals surface area contributed by atoms with Crippen LogP contribution < -0.4 is 21.6 Å². The minimum Gasteiger partial charge on any atom is -0.383 e. The molecule has 2 aromatic carbocycles. The van der Waals surface area contributed by atoms with Gasteiger partial charge < -0.3 is 16.1 Å². The molecule has 1 atom stereocenters. The number of aromatic nitrogens is 2. The monoisotopic (exact) mass is 550 g/mol. The molecule has 1 aliphatic carbocycles. The van der Waals surface area contributed by atoms with Crippen molar-refractivity contribution in [3.05, 3.63) is 107 Å². The topological polar surface area (TPSA) is 101 Å². The molecule has 11 heteroatoms. The van der Waals surface area contributed by atoms with E-state index in [-0.39, 0.29) is 5.82 Å². The molecule has 0 bridgehead atoms. The highest BCUT2D eigenvalue weighted by Crippen LogP contribution is 2.38. The number of benzene rings is 2. The molecule has 6 rings (SSSR count). The van der Waals surface area contributed by atoms with Crippen LogP contribution in [-0.4, -0.2) is 35.4 Å². The normalized spacial score (nSPS) is 16.1. The van der Waals surface area contributed by atoms with Crippen molar-refractivity contribution in [1.82, 2.24) is 25.9 Å². The van der Waals surface area contributed by atoms with Crippen molar-refractivity contribution in [2.75, 3.05) is 17.2 Å². The minimum atomic E-state index is -1.27. The summed E-state index contributed by atoms with van der Waals surface area (Å²) in [5.74, 6) is -0.358. The van der Waals surface area contributed by atoms with Crippen molar-refractivity contribution < 1.29 is 4.39 Å². The second-order valence-electron chi connectivity index (χ2n) is 9.91. The molecule has 2 aliphatic rings. The first kappa shape index (κ1) is 25.9. The van der Waals surface area contributed by atoms with Gasteiger partial charge in [0.2, 0.25) is 0 Å². The van der Waals surface area contributed by atoms with E-state index in [9.17, 15) is 9.65 Å². The lowest BCUT2D eigenvalue weighted by Gasteiger charge is -2.34. The fourth-order valence-electron chi connectivity index (χ4n) is 4.80. The van der Waals surface area contributed by atoms with Gasteiger partial charge in [-0.2, -0.15) is 5.26 Å². The molecule has 8 nitrogen and oxygen atoms in total. The zero-order valence-electron chi connectivity index (χ0n) is 21.5. The third-order valence-electron chi connectivity index (χ3n) is 7.08. The van der Waals surface area contributed by atoms with E-state index in [1.54, 1.807) is 24.4 Å². The van der Waals surface area contributed by atoms with Gasteiger partial charge >= 0.3 is 0 Å². The van der Waals surface area contributed by atoms with Crippen LogP contribution in [0.5, 0.6) is 0 Å². The summed E-state index contributed by atoms with van der Waals surface area (Å²) < 4.78 is 13.8. The van der Waals surface area contributed by atoms with Gasteiger partial charge in [-0.1, -0.05) is 29.8 Å². The third kappa shape index (κ3) is 5.14. The Morgan fingerprint density at radius 1 is 1.20 bits per heavy atom. The summed E-state index contributed by atoms with van der Waals surface area (Å²) in [6, 6.07) is 16.2. The zero-order chi connectivity index (χ0) is 27.7. The maximum Gasteiger partial charge on any atom is 0.123 e. The smallest absolute Gasteiger partial charge is 0.123 e. The molecule has 40 heavy (non-hydrogen) atoms. The summed E-state index contributed by atoms with van der Waals surface area (Å²) >= 11 is 6.73. The Bertz CT molecular complexity index is 1620. The van der Waals surface area contributed by atoms with E-state index in [0.29, 0.717) is 56.7 Å². The standard InChI is InChI=1S/C29H25BClFN8/c30-29(20-3-5-21(32)6-4-20,26-17-40(39-38-26)23-7-8-23)37-22-12-24-27(35-11-9-18-2-1-10-34-15-18)19(14-33)16-36-28(24)25(31)13-22/h1-6,10,12-13,15-17,23,37-39H,7-9,11H2,(H,35,36). The Balaban J connectivity index is 1.38. The number of halogens is 2. The van der Waals surface area contributed by atoms with E-state index in [0.717, 1.165) is 24.8 Å². The molecule has 4 N–H and O–H groups in total. The van der Waals surface area contributed by atoms with Crippen LogP contribution in [0, 0.1) is 17.1 Å². The van der Waals surface area contributed by atoms with E-state index in [1.165, 1.54) is 18.3 Å². The highest BCUT2D eigenvalue weighted by Gasteiger charge is 2.37. The number of nitrogens with zero attached hydrogens (tertiary/aromatic N) is 4. The van der Waals surface area contributed by atoms with Crippen LogP contribution in [0.1, 0.15) is 29.5 Å². The van der Waals surface area contributed by atoms with Gasteiger partial charge in [0, 0.05) is 48.5 Å². The molecule has 4 aromatic rings. The molecule has 1 unspecified atom stereocenters. The summed E-state index contributed by atoms with van der Waals surface area (Å²) in [6.45, 7) is 0.574. The van der Waals surface area contributed by atoms with Gasteiger partial charge in [-0.3, -0.25) is 15.0 Å². The first-order chi connectivity index (χ1) is 19.4. The van der Waals surface area contributed by atoms with Crippen LogP contribution in [0.15, 0.2) is 79.0 Å². The van der Waals surface area contributed by atoms with Gasteiger partial charge in [0.25, 0.3) is 0 Å². The molecule has 3 heterocycles. The number of pyridine rings is 2. The number of nitrogens with one attached hydrogen (secondary N) is 4. The first-order valence-electron chi connectivity index (χ1n) is 12.9. The van der Waals surface area contributed by atoms with E-state index in [1.807, 2.05) is 35.6 Å². The number of nitriles is 1. The van der Waals surface area contributed by atoms with Crippen molar-refractivity contribution in [2.45, 2.75) is 30.7 Å². The van der Waals surface area contributed by atoms with Gasteiger partial charge in [-0.05, 0) is 60.7 Å². The van der Waals surface area contributed by atoms with E-state index < -0.39 is 5.44 Å². The number of hydrazine groups is 2. The minimum absolute atomic E-state index is 0.358. The number of fused-ring (bicyclic) bond motifs is 1. The van der Waals surface area contributed by atoms with Crippen LogP contribution in [0.2, 0.25) is 5.02 Å². The first-order valence-corrected chi connectivity index (χ1v) is 13.3. The molecule has 0 amide bonds. The summed E-state index contributed by atoms with van der Waals surface area (Å²) in [6.07, 6.45) is 9.89. The summed E-state index contributed by atoms with van der Waals surface area (Å²) in [7, 11) is 7.06. The maximum absolute atomic E-state index is 13.8. The molecule has 2 radical (unpaired) electrons. The molecule has 0 saturated heterocycles. The number of rotatable bonds is 9. The lowest BCUT2D eigenvalue weighted by atomic mass is 9.69. The molecule has 1 saturated carbocycles. The van der Waals surface area contributed by atoms with Crippen molar-refractivity contribution >= 4 is 41.7 Å². The Morgan fingerprint density at radius 2 is 2.02 bits per heavy atom. The Kier molecular flexibility index (Phi) is 6.92. The molecule has 1 fully saturated rings. The van der Waals surface area contributed by atoms with Gasteiger partial charge in [-0.15, -0.1) is 5.53 Å². The molecule has 1 aliphatic heterocycles. The highest BCUT2D eigenvalue weighted by atomic mass is 35.5. The summed E-state index contributed by atoms with van der Waals surface area (Å²) in [5, 5.41) is 19.7. The average Bonchev–Trinajstić information content (AvgIpc) is 3.69. The van der Waals surface area contributed by atoms with Gasteiger partial charge in [0.1, 0.15) is 19.7 Å². The predicted molar refractivity (Wildman–Crippen MR) is 155 cm³/mol. The van der Waals surface area contributed by atoms with Crippen LogP contribution in [0.25, 0.3) is 10.9 Å². The van der Waals surface area contributed by atoms with E-state index in [4.69, 9.17) is 19.4 Å². The average molecular weight is 551 g/mol. The molecule has 0 spiro atoms. The number of hydrogen-bond acceptors (Lipinski definition) is 8.